The summed E-state index contributed by atoms with van der Waals surface area (Å²) in [5.74, 6) is -1.27. The summed E-state index contributed by atoms with van der Waals surface area (Å²) >= 11 is 0. The zero-order chi connectivity index (χ0) is 58.7. The third-order valence-corrected chi connectivity index (χ3v) is 8.12. The van der Waals surface area contributed by atoms with E-state index in [9.17, 15) is 38.4 Å². The van der Waals surface area contributed by atoms with Crippen molar-refractivity contribution in [2.75, 3.05) is 120 Å². The maximum absolute atomic E-state index is 12.1. The van der Waals surface area contributed by atoms with Crippen molar-refractivity contribution in [2.45, 2.75) is 130 Å². The number of aliphatic hydroxyl groups excluding tert-OH is 3. The Morgan fingerprint density at radius 1 is 0.355 bits per heavy atom. The fraction of sp³-hybridized carbons (Fsp3) is 0.826. The van der Waals surface area contributed by atoms with Crippen LogP contribution in [-0.4, -0.2) is 239 Å². The van der Waals surface area contributed by atoms with Crippen molar-refractivity contribution in [1.82, 2.24) is 0 Å². The van der Waals surface area contributed by atoms with E-state index in [2.05, 4.69) is 28.4 Å². The average molecular weight is 1120 g/mol. The van der Waals surface area contributed by atoms with Crippen LogP contribution in [0.5, 0.6) is 0 Å². The Labute approximate surface area is 442 Å². The molecule has 0 rings (SSSR count). The Kier molecular flexibility index (Phi) is 43.5. The maximum atomic E-state index is 12.1. The fourth-order valence-electron chi connectivity index (χ4n) is 3.92. The van der Waals surface area contributed by atoms with Crippen molar-refractivity contribution in [3.63, 3.8) is 0 Å². The van der Waals surface area contributed by atoms with E-state index in [1.54, 1.807) is 13.8 Å². The molecular weight excluding hydrogens is 1030 g/mol. The molecule has 0 radical (unpaired) electrons. The third kappa shape index (κ3) is 45.6. The van der Waals surface area contributed by atoms with Crippen molar-refractivity contribution >= 4 is 48.9 Å². The second kappa shape index (κ2) is 44.4. The lowest BCUT2D eigenvalue weighted by atomic mass is 10.1. The predicted molar refractivity (Wildman–Crippen MR) is 255 cm³/mol. The highest BCUT2D eigenvalue weighted by molar-refractivity contribution is 5.79. The minimum Gasteiger partial charge on any atom is -0.461 e. The number of methoxy groups -OCH3 is 3. The number of hydrogen-bond donors (Lipinski definition) is 3. The molecule has 0 aromatic heterocycles. The van der Waals surface area contributed by atoms with Crippen LogP contribution >= 0.6 is 0 Å². The molecule has 0 spiro atoms. The van der Waals surface area contributed by atoms with Crippen LogP contribution in [0.15, 0.2) is 0 Å². The molecule has 0 saturated heterocycles. The zero-order valence-corrected chi connectivity index (χ0v) is 46.0. The molecule has 7 unspecified atom stereocenters. The van der Waals surface area contributed by atoms with Gasteiger partial charge in [0.1, 0.15) is 91.0 Å². The Hall–Kier alpha value is -5.76. The molecule has 446 valence electrons. The van der Waals surface area contributed by atoms with E-state index in [0.29, 0.717) is 0 Å². The van der Waals surface area contributed by atoms with Gasteiger partial charge >= 0.3 is 48.9 Å². The van der Waals surface area contributed by atoms with E-state index in [-0.39, 0.29) is 111 Å². The summed E-state index contributed by atoms with van der Waals surface area (Å²) in [4.78, 5) is 91.6. The molecule has 3 N–H and O–H groups in total. The van der Waals surface area contributed by atoms with Crippen molar-refractivity contribution in [2.24, 2.45) is 0 Å². The maximum Gasteiger partial charge on any atom is 0.508 e. The first-order valence-corrected chi connectivity index (χ1v) is 23.6. The van der Waals surface area contributed by atoms with Crippen molar-refractivity contribution in [3.8, 4) is 0 Å². The normalized spacial score (nSPS) is 13.6. The van der Waals surface area contributed by atoms with E-state index >= 15 is 0 Å². The van der Waals surface area contributed by atoms with Crippen molar-refractivity contribution in [3.05, 3.63) is 0 Å². The summed E-state index contributed by atoms with van der Waals surface area (Å²) in [5, 5.41) is 26.4. The Morgan fingerprint density at radius 2 is 0.632 bits per heavy atom. The van der Waals surface area contributed by atoms with E-state index in [0.717, 1.165) is 0 Å². The van der Waals surface area contributed by atoms with Crippen molar-refractivity contribution < 1.29 is 144 Å². The van der Waals surface area contributed by atoms with Crippen LogP contribution in [0.3, 0.4) is 0 Å². The van der Waals surface area contributed by atoms with Gasteiger partial charge in [-0.05, 0) is 76.2 Å². The van der Waals surface area contributed by atoms with Crippen LogP contribution in [0.1, 0.15) is 76.2 Å². The van der Waals surface area contributed by atoms with Crippen LogP contribution in [0.25, 0.3) is 0 Å². The summed E-state index contributed by atoms with van der Waals surface area (Å²) in [5.41, 5.74) is -2.57. The lowest BCUT2D eigenvalue weighted by Gasteiger charge is -2.24. The number of ether oxygens (including phenoxy) is 19. The molecular formula is C46H82O30. The molecule has 0 heterocycles. The second-order valence-corrected chi connectivity index (χ2v) is 16.7. The predicted octanol–water partition coefficient (Wildman–Crippen LogP) is 3.19. The number of aliphatic hydroxyl groups is 3. The minimum absolute atomic E-state index is 0.0688. The summed E-state index contributed by atoms with van der Waals surface area (Å²) in [6.45, 7) is 15.4. The molecule has 0 fully saturated rings. The number of esters is 2. The molecule has 0 saturated carbocycles. The molecule has 0 aliphatic carbocycles. The molecule has 0 aliphatic heterocycles. The standard InChI is InChI=1S/C24H42O14.C12H22O8.C10H18O8/c1-16(25)13-33-19(26)23(4,5)36-11-9-31-21(28)35-15-18(3)38-22(29)32-10-12-37-24(6,7)20(27)34-14-17(2)30-8;1-8(13)5-17-11(14)18-7-10(3)20-12(15)19-6-9(2)16-4;1-8(7-17-9(12)15-4-3-11)18-10(13)16-6-5-14-2/h16-18,25H,9-15H2,1-8H3;8-10,13H,5-7H2,1-4H3;8,11H,3-7H2,1-2H3. The minimum atomic E-state index is -1.31. The lowest BCUT2D eigenvalue weighted by molar-refractivity contribution is -0.172. The van der Waals surface area contributed by atoms with Gasteiger partial charge in [0, 0.05) is 21.3 Å². The first kappa shape index (κ1) is 74.5. The first-order chi connectivity index (χ1) is 35.5. The Bertz CT molecular complexity index is 1600. The van der Waals surface area contributed by atoms with Crippen molar-refractivity contribution in [1.29, 1.82) is 0 Å². The van der Waals surface area contributed by atoms with Gasteiger partial charge < -0.3 is 105 Å². The van der Waals surface area contributed by atoms with Crippen LogP contribution in [0.2, 0.25) is 0 Å². The SMILES string of the molecule is COC(C)COC(=O)C(C)(C)OCCOC(=O)OC(C)COC(=O)OCCOC(C)(C)C(=O)OCC(C)O.COC(C)COC(=O)OC(C)COC(=O)OCC(C)O.COCCOC(=O)OC(C)COC(=O)OCCO. The Balaban J connectivity index is -0.00000117. The van der Waals surface area contributed by atoms with Gasteiger partial charge in [0.05, 0.1) is 50.8 Å². The number of carbonyl (C=O) groups excluding carboxylic acids is 8. The molecule has 0 aromatic carbocycles. The molecule has 7 atom stereocenters. The molecule has 0 aliphatic rings. The highest BCUT2D eigenvalue weighted by Gasteiger charge is 2.32. The average Bonchev–Trinajstić information content (AvgIpc) is 3.35. The van der Waals surface area contributed by atoms with Gasteiger partial charge in [-0.25, -0.2) is 38.4 Å². The van der Waals surface area contributed by atoms with Gasteiger partial charge in [-0.1, -0.05) is 0 Å². The number of hydrogen-bond acceptors (Lipinski definition) is 30. The Morgan fingerprint density at radius 3 is 1.00 bits per heavy atom. The highest BCUT2D eigenvalue weighted by atomic mass is 16.8. The lowest BCUT2D eigenvalue weighted by Crippen LogP contribution is -2.39. The molecule has 0 amide bonds. The first-order valence-electron chi connectivity index (χ1n) is 23.6. The molecule has 0 bridgehead atoms. The summed E-state index contributed by atoms with van der Waals surface area (Å²) in [6, 6.07) is 0. The largest absolute Gasteiger partial charge is 0.508 e. The summed E-state index contributed by atoms with van der Waals surface area (Å²) in [7, 11) is 4.47. The van der Waals surface area contributed by atoms with Gasteiger partial charge in [0.25, 0.3) is 0 Å². The van der Waals surface area contributed by atoms with E-state index in [1.165, 1.54) is 83.6 Å². The van der Waals surface area contributed by atoms with Gasteiger partial charge in [-0.2, -0.15) is 0 Å². The van der Waals surface area contributed by atoms with E-state index < -0.39 is 90.6 Å². The molecule has 76 heavy (non-hydrogen) atoms. The second-order valence-electron chi connectivity index (χ2n) is 16.7. The topological polar surface area (TPSA) is 373 Å². The van der Waals surface area contributed by atoms with Crippen LogP contribution < -0.4 is 0 Å². The third-order valence-electron chi connectivity index (χ3n) is 8.12. The van der Waals surface area contributed by atoms with E-state index in [4.69, 9.17) is 76.9 Å². The van der Waals surface area contributed by atoms with Gasteiger partial charge in [0.15, 0.2) is 11.2 Å². The fourth-order valence-corrected chi connectivity index (χ4v) is 3.92. The van der Waals surface area contributed by atoms with Gasteiger partial charge in [-0.3, -0.25) is 0 Å². The van der Waals surface area contributed by atoms with Crippen LogP contribution in [-0.2, 0) is 99.6 Å². The molecule has 30 nitrogen and oxygen atoms in total. The van der Waals surface area contributed by atoms with Crippen LogP contribution in [0, 0.1) is 0 Å². The zero-order valence-electron chi connectivity index (χ0n) is 46.0. The number of carbonyl (C=O) groups is 8. The van der Waals surface area contributed by atoms with Crippen LogP contribution in [0.4, 0.5) is 28.8 Å². The monoisotopic (exact) mass is 1110 g/mol. The summed E-state index contributed by atoms with van der Waals surface area (Å²) in [6.07, 6.45) is -9.93. The van der Waals surface area contributed by atoms with E-state index in [1.807, 2.05) is 0 Å². The smallest absolute Gasteiger partial charge is 0.461 e. The highest BCUT2D eigenvalue weighted by Crippen LogP contribution is 2.14. The molecule has 0 aromatic rings. The molecule has 30 heteroatoms. The summed E-state index contributed by atoms with van der Waals surface area (Å²) < 4.78 is 92.0. The van der Waals surface area contributed by atoms with Gasteiger partial charge in [0.2, 0.25) is 0 Å². The quantitative estimate of drug-likeness (QED) is 0.0473. The number of rotatable bonds is 34. The van der Waals surface area contributed by atoms with Gasteiger partial charge in [-0.15, -0.1) is 0 Å².